The Kier molecular flexibility index (Phi) is 4.36. The maximum Gasteiger partial charge on any atom is 0.156 e. The van der Waals surface area contributed by atoms with Crippen LogP contribution in [0.2, 0.25) is 0 Å². The molecule has 0 aromatic heterocycles. The lowest BCUT2D eigenvalue weighted by atomic mass is 9.79. The predicted molar refractivity (Wildman–Crippen MR) is 126 cm³/mol. The third-order valence-corrected chi connectivity index (χ3v) is 6.11. The van der Waals surface area contributed by atoms with E-state index in [0.29, 0.717) is 11.5 Å². The second kappa shape index (κ2) is 6.67. The number of hydrogen-bond donors (Lipinski definition) is 0. The summed E-state index contributed by atoms with van der Waals surface area (Å²) in [6, 6.07) is 14.1. The van der Waals surface area contributed by atoms with Crippen LogP contribution in [0.4, 0.5) is 11.4 Å². The molecule has 0 atom stereocenters. The van der Waals surface area contributed by atoms with Gasteiger partial charge in [-0.2, -0.15) is 0 Å². The fourth-order valence-corrected chi connectivity index (χ4v) is 4.17. The van der Waals surface area contributed by atoms with Gasteiger partial charge in [-0.1, -0.05) is 63.5 Å². The normalized spacial score (nSPS) is 14.0. The molecule has 0 fully saturated rings. The minimum Gasteiger partial charge on any atom is -0.453 e. The van der Waals surface area contributed by atoms with Gasteiger partial charge in [0.15, 0.2) is 23.0 Å². The van der Waals surface area contributed by atoms with Crippen LogP contribution in [0.5, 0.6) is 23.0 Å². The van der Waals surface area contributed by atoms with Gasteiger partial charge in [-0.05, 0) is 40.7 Å². The third-order valence-electron chi connectivity index (χ3n) is 5.62. The highest BCUT2D eigenvalue weighted by Gasteiger charge is 2.28. The van der Waals surface area contributed by atoms with Crippen LogP contribution < -0.4 is 20.2 Å². The van der Waals surface area contributed by atoms with Crippen LogP contribution in [0.15, 0.2) is 56.9 Å². The van der Waals surface area contributed by atoms with Gasteiger partial charge in [-0.25, -0.2) is 9.98 Å². The van der Waals surface area contributed by atoms with Gasteiger partial charge in [0.25, 0.3) is 0 Å². The topological polar surface area (TPSA) is 43.2 Å². The maximum absolute atomic E-state index is 6.46. The molecule has 31 heavy (non-hydrogen) atoms. The highest BCUT2D eigenvalue weighted by atomic mass is 79.9. The van der Waals surface area contributed by atoms with Crippen LogP contribution in [0.25, 0.3) is 0 Å². The Morgan fingerprint density at radius 2 is 1.32 bits per heavy atom. The Morgan fingerprint density at radius 3 is 1.97 bits per heavy atom. The fraction of sp³-hybridized carbons (Fsp3) is 0.308. The average Bonchev–Trinajstić information content (AvgIpc) is 2.67. The number of ether oxygens (including phenoxy) is 2. The van der Waals surface area contributed by atoms with E-state index in [9.17, 15) is 0 Å². The molecule has 0 spiro atoms. The van der Waals surface area contributed by atoms with Gasteiger partial charge in [0.05, 0.1) is 0 Å². The summed E-state index contributed by atoms with van der Waals surface area (Å²) in [5.41, 5.74) is 3.99. The number of halogens is 1. The van der Waals surface area contributed by atoms with Crippen molar-refractivity contribution in [2.45, 2.75) is 52.4 Å². The predicted octanol–water partition coefficient (Wildman–Crippen LogP) is 7.16. The van der Waals surface area contributed by atoms with E-state index in [-0.39, 0.29) is 10.8 Å². The van der Waals surface area contributed by atoms with Crippen molar-refractivity contribution in [2.24, 2.45) is 9.98 Å². The smallest absolute Gasteiger partial charge is 0.156 e. The first-order chi connectivity index (χ1) is 14.5. The first-order valence-corrected chi connectivity index (χ1v) is 11.2. The summed E-state index contributed by atoms with van der Waals surface area (Å²) < 4.78 is 13.5. The van der Waals surface area contributed by atoms with Crippen molar-refractivity contribution < 1.29 is 9.47 Å². The summed E-state index contributed by atoms with van der Waals surface area (Å²) in [7, 11) is 0. The molecule has 0 N–H and O–H groups in total. The van der Waals surface area contributed by atoms with Gasteiger partial charge in [0.1, 0.15) is 22.1 Å². The fourth-order valence-electron chi connectivity index (χ4n) is 3.82. The number of rotatable bonds is 0. The summed E-state index contributed by atoms with van der Waals surface area (Å²) in [6.45, 7) is 13.3. The molecule has 5 rings (SSSR count). The van der Waals surface area contributed by atoms with Gasteiger partial charge in [-0.3, -0.25) is 0 Å². The quantitative estimate of drug-likeness (QED) is 0.238. The van der Waals surface area contributed by atoms with Crippen LogP contribution in [-0.4, -0.2) is 0 Å². The zero-order valence-electron chi connectivity index (χ0n) is 18.6. The van der Waals surface area contributed by atoms with E-state index < -0.39 is 0 Å². The Morgan fingerprint density at radius 1 is 0.677 bits per heavy atom. The van der Waals surface area contributed by atoms with E-state index in [1.807, 2.05) is 30.3 Å². The minimum atomic E-state index is -0.0781. The third kappa shape index (κ3) is 3.55. The van der Waals surface area contributed by atoms with E-state index in [2.05, 4.69) is 69.6 Å². The van der Waals surface area contributed by atoms with Gasteiger partial charge >= 0.3 is 0 Å². The second-order valence-corrected chi connectivity index (χ2v) is 11.1. The van der Waals surface area contributed by atoms with Gasteiger partial charge in [-0.15, -0.1) is 0 Å². The Hall–Kier alpha value is -2.66. The molecule has 2 heterocycles. The molecular weight excluding hydrogens is 452 g/mol. The number of benzene rings is 3. The zero-order chi connectivity index (χ0) is 22.1. The summed E-state index contributed by atoms with van der Waals surface area (Å²) in [4.78, 5) is 9.76. The molecule has 0 unspecified atom stereocenters. The van der Waals surface area contributed by atoms with Crippen LogP contribution in [0.1, 0.15) is 52.7 Å². The van der Waals surface area contributed by atoms with Crippen molar-refractivity contribution in [3.05, 3.63) is 68.8 Å². The molecule has 2 aliphatic heterocycles. The van der Waals surface area contributed by atoms with E-state index in [0.717, 1.165) is 43.6 Å². The van der Waals surface area contributed by atoms with Crippen LogP contribution in [0.3, 0.4) is 0 Å². The van der Waals surface area contributed by atoms with Gasteiger partial charge < -0.3 is 9.47 Å². The minimum absolute atomic E-state index is 0.0145. The number of hydrogen-bond acceptors (Lipinski definition) is 4. The SMILES string of the molecule is CC(C)(C)c1cc2c(c(C(C)(C)C)c1)Oc1cc3c(cc1=N2)Oc1ccc(Br)cc1N=3. The largest absolute Gasteiger partial charge is 0.453 e. The van der Waals surface area contributed by atoms with E-state index in [1.165, 1.54) is 5.56 Å². The molecule has 0 radical (unpaired) electrons. The second-order valence-electron chi connectivity index (χ2n) is 10.2. The molecule has 0 saturated heterocycles. The van der Waals surface area contributed by atoms with Crippen molar-refractivity contribution in [3.63, 3.8) is 0 Å². The van der Waals surface area contributed by atoms with Gasteiger partial charge in [0, 0.05) is 22.2 Å². The molecule has 0 amide bonds. The van der Waals surface area contributed by atoms with Crippen molar-refractivity contribution in [3.8, 4) is 23.0 Å². The first-order valence-electron chi connectivity index (χ1n) is 10.4. The van der Waals surface area contributed by atoms with Crippen LogP contribution in [-0.2, 0) is 10.8 Å². The molecule has 2 aliphatic rings. The number of fused-ring (bicyclic) bond motifs is 4. The van der Waals surface area contributed by atoms with Crippen LogP contribution in [0, 0.1) is 0 Å². The first kappa shape index (κ1) is 20.3. The summed E-state index contributed by atoms with van der Waals surface area (Å²) in [5.74, 6) is 2.95. The molecule has 0 saturated carbocycles. The summed E-state index contributed by atoms with van der Waals surface area (Å²) in [6.07, 6.45) is 0. The molecule has 0 aliphatic carbocycles. The monoisotopic (exact) mass is 476 g/mol. The summed E-state index contributed by atoms with van der Waals surface area (Å²) in [5, 5.41) is 1.50. The lowest BCUT2D eigenvalue weighted by Gasteiger charge is -2.29. The lowest BCUT2D eigenvalue weighted by molar-refractivity contribution is 0.435. The molecule has 158 valence electrons. The Labute approximate surface area is 190 Å². The highest BCUT2D eigenvalue weighted by molar-refractivity contribution is 9.10. The molecule has 0 bridgehead atoms. The van der Waals surface area contributed by atoms with Crippen LogP contribution >= 0.6 is 15.9 Å². The molecule has 3 aromatic rings. The summed E-state index contributed by atoms with van der Waals surface area (Å²) >= 11 is 3.50. The van der Waals surface area contributed by atoms with E-state index in [1.54, 1.807) is 0 Å². The lowest BCUT2D eigenvalue weighted by Crippen LogP contribution is -2.22. The number of nitrogens with zero attached hydrogens (tertiary/aromatic N) is 2. The van der Waals surface area contributed by atoms with Crippen molar-refractivity contribution in [1.82, 2.24) is 0 Å². The maximum atomic E-state index is 6.46. The molecular formula is C26H25BrN2O2. The molecule has 3 aromatic carbocycles. The van der Waals surface area contributed by atoms with E-state index in [4.69, 9.17) is 19.5 Å². The standard InChI is InChI=1S/C26H25BrN2O2/c1-25(2,3)14-9-16(26(4,5)6)24-20(10-14)29-19-12-22-18(13-23(19)31-24)28-17-11-15(27)7-8-21(17)30-22/h7-13H,1-6H3. The van der Waals surface area contributed by atoms with E-state index >= 15 is 0 Å². The molecule has 5 heteroatoms. The Balaban J connectivity index is 1.72. The average molecular weight is 477 g/mol. The van der Waals surface area contributed by atoms with Gasteiger partial charge in [0.2, 0.25) is 0 Å². The zero-order valence-corrected chi connectivity index (χ0v) is 20.2. The van der Waals surface area contributed by atoms with Crippen molar-refractivity contribution >= 4 is 27.3 Å². The highest BCUT2D eigenvalue weighted by Crippen LogP contribution is 2.45. The van der Waals surface area contributed by atoms with Crippen molar-refractivity contribution in [2.75, 3.05) is 0 Å². The Bertz CT molecular complexity index is 1360. The van der Waals surface area contributed by atoms with Crippen molar-refractivity contribution in [1.29, 1.82) is 0 Å². The molecule has 4 nitrogen and oxygen atoms in total.